The minimum atomic E-state index is -0.934. The number of benzene rings is 1. The van der Waals surface area contributed by atoms with E-state index in [9.17, 15) is 15.2 Å². The van der Waals surface area contributed by atoms with Crippen LogP contribution < -0.4 is 0 Å². The third kappa shape index (κ3) is 3.11. The second-order valence-electron chi connectivity index (χ2n) is 7.20. The first-order valence-electron chi connectivity index (χ1n) is 9.41. The van der Waals surface area contributed by atoms with Crippen LogP contribution in [-0.2, 0) is 0 Å². The summed E-state index contributed by atoms with van der Waals surface area (Å²) in [5, 5.41) is 20.2. The Balaban J connectivity index is 1.85. The number of hydrogen-bond acceptors (Lipinski definition) is 4. The second kappa shape index (κ2) is 7.32. The summed E-state index contributed by atoms with van der Waals surface area (Å²) in [5.41, 5.74) is 5.83. The predicted molar refractivity (Wildman–Crippen MR) is 119 cm³/mol. The van der Waals surface area contributed by atoms with Gasteiger partial charge >= 0.3 is 5.97 Å². The van der Waals surface area contributed by atoms with Crippen molar-refractivity contribution in [3.63, 3.8) is 0 Å². The zero-order chi connectivity index (χ0) is 21.6. The first-order chi connectivity index (χ1) is 14.3. The van der Waals surface area contributed by atoms with Crippen LogP contribution in [0, 0.1) is 39.0 Å². The standard InChI is InChI=1S/C23H20N4O2S/c1-12-9-16(10-17(11-24)21-25-18-7-5-6-8-19(18)26-21)14(3)27(12)22-20(23(28)29)13(2)15(4)30-22/h5-10H,1-4H3,(H,25,26)(H,28,29)/b17-10+. The number of allylic oxidation sites excluding steroid dienone is 1. The zero-order valence-electron chi connectivity index (χ0n) is 17.1. The summed E-state index contributed by atoms with van der Waals surface area (Å²) in [6.45, 7) is 7.64. The number of nitrogens with zero attached hydrogens (tertiary/aromatic N) is 3. The van der Waals surface area contributed by atoms with Crippen molar-refractivity contribution in [1.82, 2.24) is 14.5 Å². The lowest BCUT2D eigenvalue weighted by Crippen LogP contribution is -2.06. The minimum absolute atomic E-state index is 0.327. The largest absolute Gasteiger partial charge is 0.478 e. The van der Waals surface area contributed by atoms with Crippen molar-refractivity contribution in [2.45, 2.75) is 27.7 Å². The SMILES string of the molecule is Cc1sc(-n2c(C)cc(/C=C(\C#N)c3nc4ccccc4[nH]3)c2C)c(C(=O)O)c1C. The number of para-hydroxylation sites is 2. The van der Waals surface area contributed by atoms with E-state index in [2.05, 4.69) is 16.0 Å². The first-order valence-corrected chi connectivity index (χ1v) is 10.2. The van der Waals surface area contributed by atoms with Gasteiger partial charge in [0.1, 0.15) is 16.9 Å². The molecular formula is C23H20N4O2S. The van der Waals surface area contributed by atoms with Crippen LogP contribution in [0.2, 0.25) is 0 Å². The van der Waals surface area contributed by atoms with Crippen molar-refractivity contribution in [3.05, 3.63) is 69.1 Å². The van der Waals surface area contributed by atoms with Crippen molar-refractivity contribution in [2.24, 2.45) is 0 Å². The zero-order valence-corrected chi connectivity index (χ0v) is 17.9. The van der Waals surface area contributed by atoms with Crippen molar-refractivity contribution in [2.75, 3.05) is 0 Å². The number of hydrogen-bond donors (Lipinski definition) is 2. The molecule has 0 saturated heterocycles. The molecule has 0 radical (unpaired) electrons. The Morgan fingerprint density at radius 1 is 1.27 bits per heavy atom. The summed E-state index contributed by atoms with van der Waals surface area (Å²) >= 11 is 1.47. The minimum Gasteiger partial charge on any atom is -0.478 e. The number of imidazole rings is 1. The fourth-order valence-corrected chi connectivity index (χ4v) is 4.91. The van der Waals surface area contributed by atoms with Crippen molar-refractivity contribution < 1.29 is 9.90 Å². The third-order valence-corrected chi connectivity index (χ3v) is 6.51. The van der Waals surface area contributed by atoms with Gasteiger partial charge in [-0.1, -0.05) is 12.1 Å². The Morgan fingerprint density at radius 3 is 2.67 bits per heavy atom. The number of aromatic amines is 1. The van der Waals surface area contributed by atoms with Crippen LogP contribution in [0.4, 0.5) is 0 Å². The molecule has 0 saturated carbocycles. The summed E-state index contributed by atoms with van der Waals surface area (Å²) in [6, 6.07) is 11.8. The number of nitriles is 1. The van der Waals surface area contributed by atoms with Crippen LogP contribution in [0.25, 0.3) is 27.7 Å². The molecule has 0 aliphatic rings. The molecule has 0 aliphatic heterocycles. The van der Waals surface area contributed by atoms with E-state index >= 15 is 0 Å². The van der Waals surface area contributed by atoms with E-state index in [0.717, 1.165) is 38.4 Å². The summed E-state index contributed by atoms with van der Waals surface area (Å²) in [7, 11) is 0. The van der Waals surface area contributed by atoms with E-state index in [4.69, 9.17) is 0 Å². The number of H-pyrrole nitrogens is 1. The van der Waals surface area contributed by atoms with E-state index in [-0.39, 0.29) is 0 Å². The van der Waals surface area contributed by atoms with Gasteiger partial charge in [0.25, 0.3) is 0 Å². The predicted octanol–water partition coefficient (Wildman–Crippen LogP) is 5.41. The van der Waals surface area contributed by atoms with Gasteiger partial charge in [-0.3, -0.25) is 0 Å². The molecule has 0 amide bonds. The third-order valence-electron chi connectivity index (χ3n) is 5.32. The van der Waals surface area contributed by atoms with Crippen molar-refractivity contribution in [3.8, 4) is 11.1 Å². The maximum absolute atomic E-state index is 11.9. The lowest BCUT2D eigenvalue weighted by atomic mass is 10.1. The van der Waals surface area contributed by atoms with Crippen molar-refractivity contribution >= 4 is 40.0 Å². The molecule has 0 atom stereocenters. The van der Waals surface area contributed by atoms with Crippen LogP contribution in [0.5, 0.6) is 0 Å². The number of thiophene rings is 1. The molecule has 4 rings (SSSR count). The van der Waals surface area contributed by atoms with Gasteiger partial charge in [0.15, 0.2) is 0 Å². The van der Waals surface area contributed by atoms with E-state index in [1.807, 2.05) is 62.6 Å². The monoisotopic (exact) mass is 416 g/mol. The van der Waals surface area contributed by atoms with Gasteiger partial charge in [-0.05, 0) is 63.1 Å². The molecule has 6 nitrogen and oxygen atoms in total. The Morgan fingerprint density at radius 2 is 2.00 bits per heavy atom. The summed E-state index contributed by atoms with van der Waals surface area (Å²) in [5.74, 6) is -0.422. The molecule has 3 aromatic heterocycles. The van der Waals surface area contributed by atoms with E-state index < -0.39 is 5.97 Å². The molecule has 4 aromatic rings. The molecule has 2 N–H and O–H groups in total. The smallest absolute Gasteiger partial charge is 0.339 e. The van der Waals surface area contributed by atoms with Crippen LogP contribution in [0.1, 0.15) is 43.6 Å². The lowest BCUT2D eigenvalue weighted by molar-refractivity contribution is 0.0696. The lowest BCUT2D eigenvalue weighted by Gasteiger charge is -2.09. The molecule has 7 heteroatoms. The van der Waals surface area contributed by atoms with E-state index in [1.54, 1.807) is 6.08 Å². The van der Waals surface area contributed by atoms with Crippen molar-refractivity contribution in [1.29, 1.82) is 5.26 Å². The number of fused-ring (bicyclic) bond motifs is 1. The van der Waals surface area contributed by atoms with Crippen LogP contribution in [0.3, 0.4) is 0 Å². The van der Waals surface area contributed by atoms with Crippen LogP contribution >= 0.6 is 11.3 Å². The molecule has 30 heavy (non-hydrogen) atoms. The van der Waals surface area contributed by atoms with E-state index in [1.165, 1.54) is 11.3 Å². The van der Waals surface area contributed by atoms with Crippen LogP contribution in [-0.4, -0.2) is 25.6 Å². The van der Waals surface area contributed by atoms with E-state index in [0.29, 0.717) is 22.0 Å². The maximum atomic E-state index is 11.9. The van der Waals surface area contributed by atoms with Gasteiger partial charge in [-0.15, -0.1) is 11.3 Å². The highest BCUT2D eigenvalue weighted by Gasteiger charge is 2.23. The number of aryl methyl sites for hydroxylation is 2. The highest BCUT2D eigenvalue weighted by Crippen LogP contribution is 2.34. The highest BCUT2D eigenvalue weighted by atomic mass is 32.1. The Hall–Kier alpha value is -3.63. The highest BCUT2D eigenvalue weighted by molar-refractivity contribution is 7.15. The molecule has 0 spiro atoms. The van der Waals surface area contributed by atoms with Gasteiger partial charge in [0, 0.05) is 16.3 Å². The van der Waals surface area contributed by atoms with Crippen LogP contribution in [0.15, 0.2) is 30.3 Å². The average Bonchev–Trinajstić information content (AvgIpc) is 3.34. The van der Waals surface area contributed by atoms with Gasteiger partial charge < -0.3 is 14.7 Å². The fourth-order valence-electron chi connectivity index (χ4n) is 3.65. The quantitative estimate of drug-likeness (QED) is 0.435. The average molecular weight is 417 g/mol. The molecule has 0 bridgehead atoms. The normalized spacial score (nSPS) is 11.8. The van der Waals surface area contributed by atoms with Gasteiger partial charge in [0.2, 0.25) is 0 Å². The summed E-state index contributed by atoms with van der Waals surface area (Å²) < 4.78 is 1.95. The number of nitrogens with one attached hydrogen (secondary N) is 1. The summed E-state index contributed by atoms with van der Waals surface area (Å²) in [4.78, 5) is 20.6. The second-order valence-corrected chi connectivity index (χ2v) is 8.41. The summed E-state index contributed by atoms with van der Waals surface area (Å²) in [6.07, 6.45) is 1.80. The molecule has 150 valence electrons. The molecule has 3 heterocycles. The molecular weight excluding hydrogens is 396 g/mol. The molecule has 1 aromatic carbocycles. The maximum Gasteiger partial charge on any atom is 0.339 e. The Kier molecular flexibility index (Phi) is 4.80. The van der Waals surface area contributed by atoms with Gasteiger partial charge in [-0.25, -0.2) is 9.78 Å². The number of carboxylic acid groups (broad SMARTS) is 1. The number of carbonyl (C=O) groups is 1. The molecule has 0 aliphatic carbocycles. The number of rotatable bonds is 4. The Labute approximate surface area is 177 Å². The molecule has 0 fully saturated rings. The topological polar surface area (TPSA) is 94.7 Å². The first kappa shape index (κ1) is 19.7. The Bertz CT molecular complexity index is 1350. The number of aromatic carboxylic acids is 1. The molecule has 0 unspecified atom stereocenters. The fraction of sp³-hybridized carbons (Fsp3) is 0.174. The van der Waals surface area contributed by atoms with Gasteiger partial charge in [-0.2, -0.15) is 5.26 Å². The number of aromatic nitrogens is 3. The van der Waals surface area contributed by atoms with Gasteiger partial charge in [0.05, 0.1) is 22.2 Å². The number of carboxylic acids is 1.